The lowest BCUT2D eigenvalue weighted by molar-refractivity contribution is 0.686. The van der Waals surface area contributed by atoms with Crippen LogP contribution in [-0.2, 0) is 12.8 Å². The first kappa shape index (κ1) is 21.3. The lowest BCUT2D eigenvalue weighted by Gasteiger charge is -2.20. The van der Waals surface area contributed by atoms with Gasteiger partial charge in [-0.25, -0.2) is 0 Å². The van der Waals surface area contributed by atoms with Crippen molar-refractivity contribution in [2.45, 2.75) is 38.5 Å². The van der Waals surface area contributed by atoms with Crippen LogP contribution in [-0.4, -0.2) is 18.1 Å². The Morgan fingerprint density at radius 3 is 2.45 bits per heavy atom. The fourth-order valence-electron chi connectivity index (χ4n) is 4.95. The van der Waals surface area contributed by atoms with E-state index >= 15 is 0 Å². The molecule has 2 aliphatic rings. The quantitative estimate of drug-likeness (QED) is 0.344. The lowest BCUT2D eigenvalue weighted by Crippen LogP contribution is -2.17. The van der Waals surface area contributed by atoms with Crippen LogP contribution in [0, 0.1) is 0 Å². The molecule has 3 N–H and O–H groups in total. The van der Waals surface area contributed by atoms with E-state index in [1.54, 1.807) is 0 Å². The number of nitrogens with one attached hydrogen (secondary N) is 1. The van der Waals surface area contributed by atoms with Gasteiger partial charge in [0.2, 0.25) is 0 Å². The van der Waals surface area contributed by atoms with Crippen LogP contribution >= 0.6 is 0 Å². The molecule has 5 rings (SSSR count). The molecule has 1 aromatic heterocycles. The summed E-state index contributed by atoms with van der Waals surface area (Å²) in [6.45, 7) is 10.8. The van der Waals surface area contributed by atoms with Crippen LogP contribution in [0.1, 0.15) is 42.4 Å². The highest BCUT2D eigenvalue weighted by atomic mass is 15.1. The molecule has 2 heterocycles. The summed E-state index contributed by atoms with van der Waals surface area (Å²) >= 11 is 0. The van der Waals surface area contributed by atoms with Gasteiger partial charge in [0.15, 0.2) is 0 Å². The highest BCUT2D eigenvalue weighted by Gasteiger charge is 2.15. The third-order valence-electron chi connectivity index (χ3n) is 6.91. The summed E-state index contributed by atoms with van der Waals surface area (Å²) in [5.74, 6) is 0. The van der Waals surface area contributed by atoms with Gasteiger partial charge in [-0.05, 0) is 91.1 Å². The van der Waals surface area contributed by atoms with E-state index < -0.39 is 0 Å². The summed E-state index contributed by atoms with van der Waals surface area (Å²) in [4.78, 5) is 6.90. The van der Waals surface area contributed by atoms with Crippen molar-refractivity contribution in [3.8, 4) is 11.1 Å². The van der Waals surface area contributed by atoms with Crippen LogP contribution < -0.4 is 16.0 Å². The van der Waals surface area contributed by atoms with Gasteiger partial charge < -0.3 is 16.0 Å². The van der Waals surface area contributed by atoms with E-state index in [-0.39, 0.29) is 0 Å². The van der Waals surface area contributed by atoms with E-state index in [0.717, 1.165) is 53.2 Å². The van der Waals surface area contributed by atoms with E-state index in [0.29, 0.717) is 5.69 Å². The number of rotatable bonds is 6. The molecule has 4 heteroatoms. The van der Waals surface area contributed by atoms with Crippen molar-refractivity contribution in [2.75, 3.05) is 29.0 Å². The molecule has 0 radical (unpaired) electrons. The van der Waals surface area contributed by atoms with E-state index in [9.17, 15) is 0 Å². The van der Waals surface area contributed by atoms with E-state index in [1.165, 1.54) is 48.9 Å². The molecule has 1 aliphatic heterocycles. The number of aromatic nitrogens is 1. The first-order chi connectivity index (χ1) is 16.1. The van der Waals surface area contributed by atoms with Gasteiger partial charge in [-0.1, -0.05) is 25.3 Å². The van der Waals surface area contributed by atoms with Gasteiger partial charge in [-0.15, -0.1) is 0 Å². The Kier molecular flexibility index (Phi) is 5.91. The Hall–Kier alpha value is -3.53. The zero-order valence-corrected chi connectivity index (χ0v) is 19.2. The molecule has 2 aromatic carbocycles. The zero-order chi connectivity index (χ0) is 22.8. The number of aryl methyl sites for hydroxylation is 2. The average Bonchev–Trinajstić information content (AvgIpc) is 3.39. The van der Waals surface area contributed by atoms with Crippen molar-refractivity contribution < 1.29 is 0 Å². The van der Waals surface area contributed by atoms with Crippen molar-refractivity contribution >= 4 is 22.6 Å². The number of nitrogens with two attached hydrogens (primary N) is 1. The minimum atomic E-state index is 0.695. The summed E-state index contributed by atoms with van der Waals surface area (Å²) < 4.78 is 0. The molecular formula is C29H32N4. The maximum absolute atomic E-state index is 6.37. The largest absolute Gasteiger partial charge is 0.398 e. The SMILES string of the molecule is C=C(Nc1ccc2c(c1)CCCC2)C(=C)c1cc(-c2cncc(N3CCCC3)c2)ccc1N. The second kappa shape index (κ2) is 9.14. The van der Waals surface area contributed by atoms with Crippen molar-refractivity contribution in [3.63, 3.8) is 0 Å². The number of benzene rings is 2. The molecule has 168 valence electrons. The Bertz CT molecular complexity index is 1200. The predicted molar refractivity (Wildman–Crippen MR) is 140 cm³/mol. The lowest BCUT2D eigenvalue weighted by atomic mass is 9.91. The minimum Gasteiger partial charge on any atom is -0.398 e. The molecular weight excluding hydrogens is 404 g/mol. The Labute approximate surface area is 196 Å². The van der Waals surface area contributed by atoms with Crippen molar-refractivity contribution in [3.05, 3.63) is 90.4 Å². The number of anilines is 3. The summed E-state index contributed by atoms with van der Waals surface area (Å²) in [7, 11) is 0. The number of allylic oxidation sites excluding steroid dienone is 1. The number of nitrogens with zero attached hydrogens (tertiary/aromatic N) is 2. The minimum absolute atomic E-state index is 0.695. The molecule has 0 saturated carbocycles. The van der Waals surface area contributed by atoms with Gasteiger partial charge in [-0.2, -0.15) is 0 Å². The molecule has 0 unspecified atom stereocenters. The van der Waals surface area contributed by atoms with Gasteiger partial charge in [0, 0.05) is 47.5 Å². The Morgan fingerprint density at radius 1 is 0.848 bits per heavy atom. The molecule has 3 aromatic rings. The number of hydrogen-bond donors (Lipinski definition) is 2. The topological polar surface area (TPSA) is 54.2 Å². The molecule has 1 fully saturated rings. The third kappa shape index (κ3) is 4.51. The highest BCUT2D eigenvalue weighted by Crippen LogP contribution is 2.33. The molecule has 1 saturated heterocycles. The predicted octanol–water partition coefficient (Wildman–Crippen LogP) is 6.45. The molecule has 33 heavy (non-hydrogen) atoms. The monoisotopic (exact) mass is 436 g/mol. The Balaban J connectivity index is 1.37. The number of hydrogen-bond acceptors (Lipinski definition) is 4. The number of nitrogen functional groups attached to an aromatic ring is 1. The summed E-state index contributed by atoms with van der Waals surface area (Å²) in [5, 5.41) is 3.45. The van der Waals surface area contributed by atoms with E-state index in [2.05, 4.69) is 64.8 Å². The molecule has 0 bridgehead atoms. The van der Waals surface area contributed by atoms with Gasteiger partial charge in [0.1, 0.15) is 0 Å². The number of fused-ring (bicyclic) bond motifs is 1. The average molecular weight is 437 g/mol. The summed E-state index contributed by atoms with van der Waals surface area (Å²) in [5.41, 5.74) is 16.8. The van der Waals surface area contributed by atoms with Crippen LogP contribution in [0.2, 0.25) is 0 Å². The smallest absolute Gasteiger partial charge is 0.0558 e. The van der Waals surface area contributed by atoms with Gasteiger partial charge >= 0.3 is 0 Å². The first-order valence-corrected chi connectivity index (χ1v) is 12.0. The van der Waals surface area contributed by atoms with Crippen LogP contribution in [0.4, 0.5) is 17.1 Å². The molecule has 4 nitrogen and oxygen atoms in total. The summed E-state index contributed by atoms with van der Waals surface area (Å²) in [6.07, 6.45) is 11.2. The maximum atomic E-state index is 6.37. The normalized spacial score (nSPS) is 15.2. The molecule has 1 aliphatic carbocycles. The maximum Gasteiger partial charge on any atom is 0.0558 e. The zero-order valence-electron chi connectivity index (χ0n) is 19.2. The fourth-order valence-corrected chi connectivity index (χ4v) is 4.95. The Morgan fingerprint density at radius 2 is 1.64 bits per heavy atom. The van der Waals surface area contributed by atoms with Crippen LogP contribution in [0.3, 0.4) is 0 Å². The molecule has 0 spiro atoms. The van der Waals surface area contributed by atoms with E-state index in [4.69, 9.17) is 5.73 Å². The number of pyridine rings is 1. The van der Waals surface area contributed by atoms with Crippen molar-refractivity contribution in [1.29, 1.82) is 0 Å². The molecule has 0 atom stereocenters. The van der Waals surface area contributed by atoms with Gasteiger partial charge in [0.25, 0.3) is 0 Å². The van der Waals surface area contributed by atoms with Gasteiger partial charge in [0.05, 0.1) is 11.9 Å². The van der Waals surface area contributed by atoms with Gasteiger partial charge in [-0.3, -0.25) is 4.98 Å². The molecule has 0 amide bonds. The third-order valence-corrected chi connectivity index (χ3v) is 6.91. The second-order valence-corrected chi connectivity index (χ2v) is 9.20. The van der Waals surface area contributed by atoms with Crippen molar-refractivity contribution in [1.82, 2.24) is 4.98 Å². The second-order valence-electron chi connectivity index (χ2n) is 9.20. The van der Waals surface area contributed by atoms with Crippen molar-refractivity contribution in [2.24, 2.45) is 0 Å². The summed E-state index contributed by atoms with van der Waals surface area (Å²) in [6, 6.07) is 14.9. The first-order valence-electron chi connectivity index (χ1n) is 12.0. The highest BCUT2D eigenvalue weighted by molar-refractivity contribution is 5.88. The van der Waals surface area contributed by atoms with Crippen LogP contribution in [0.25, 0.3) is 16.7 Å². The van der Waals surface area contributed by atoms with Crippen LogP contribution in [0.15, 0.2) is 73.7 Å². The fraction of sp³-hybridized carbons (Fsp3) is 0.276. The standard InChI is InChI=1S/C29H32N4/c1-20(21(2)32-26-11-9-22-7-3-4-8-23(22)15-26)28-17-24(10-12-29(28)30)25-16-27(19-31-18-25)33-13-5-6-14-33/h9-12,15-19,32H,1-8,13-14,30H2. The van der Waals surface area contributed by atoms with E-state index in [1.807, 2.05) is 18.5 Å². The van der Waals surface area contributed by atoms with Crippen LogP contribution in [0.5, 0.6) is 0 Å².